The minimum atomic E-state index is 0.0850. The number of allylic oxidation sites excluding steroid dienone is 1. The van der Waals surface area contributed by atoms with Crippen LogP contribution in [0.1, 0.15) is 44.9 Å². The summed E-state index contributed by atoms with van der Waals surface area (Å²) < 4.78 is 0. The van der Waals surface area contributed by atoms with Gasteiger partial charge in [-0.25, -0.2) is 0 Å². The van der Waals surface area contributed by atoms with E-state index in [4.69, 9.17) is 23.2 Å². The van der Waals surface area contributed by atoms with Gasteiger partial charge in [-0.2, -0.15) is 0 Å². The predicted octanol–water partition coefficient (Wildman–Crippen LogP) is 5.11. The largest absolute Gasteiger partial charge is 0.294 e. The molecule has 2 nitrogen and oxygen atoms in total. The fraction of sp³-hybridized carbons (Fsp3) is 0.222. The number of hydrogen-bond acceptors (Lipinski definition) is 2. The summed E-state index contributed by atoms with van der Waals surface area (Å²) in [6.45, 7) is 3.94. The zero-order chi connectivity index (χ0) is 15.9. The zero-order valence-corrected chi connectivity index (χ0v) is 13.9. The summed E-state index contributed by atoms with van der Waals surface area (Å²) in [5, 5.41) is 1.28. The van der Waals surface area contributed by atoms with Gasteiger partial charge in [-0.3, -0.25) is 9.78 Å². The summed E-state index contributed by atoms with van der Waals surface area (Å²) >= 11 is 12.1. The van der Waals surface area contributed by atoms with Crippen molar-refractivity contribution in [3.63, 3.8) is 0 Å². The lowest BCUT2D eigenvalue weighted by atomic mass is 9.89. The smallest absolute Gasteiger partial charge is 0.169 e. The van der Waals surface area contributed by atoms with Crippen molar-refractivity contribution >= 4 is 34.0 Å². The Bertz CT molecular complexity index is 792. The summed E-state index contributed by atoms with van der Waals surface area (Å²) in [4.78, 5) is 16.8. The van der Waals surface area contributed by atoms with E-state index in [-0.39, 0.29) is 5.78 Å². The molecule has 0 bridgehead atoms. The van der Waals surface area contributed by atoms with Gasteiger partial charge in [0.15, 0.2) is 5.78 Å². The van der Waals surface area contributed by atoms with Crippen LogP contribution in [0, 0.1) is 13.8 Å². The first-order valence-corrected chi connectivity index (χ1v) is 7.86. The van der Waals surface area contributed by atoms with E-state index in [1.54, 1.807) is 6.08 Å². The van der Waals surface area contributed by atoms with Gasteiger partial charge in [0.05, 0.1) is 10.7 Å². The average Bonchev–Trinajstić information content (AvgIpc) is 2.49. The molecule has 0 saturated carbocycles. The van der Waals surface area contributed by atoms with Crippen molar-refractivity contribution in [2.45, 2.75) is 26.7 Å². The standard InChI is InChI=1S/C18H15Cl2NO/c1-10-14(9-12-3-5-13(19)6-4-12)11(2)21-18-15(20)7-8-16(22)17(10)18/h3-7H,8-9H2,1-2H3. The van der Waals surface area contributed by atoms with Gasteiger partial charge in [0.1, 0.15) is 0 Å². The molecule has 22 heavy (non-hydrogen) atoms. The second-order valence-corrected chi connectivity index (χ2v) is 6.35. The van der Waals surface area contributed by atoms with Gasteiger partial charge >= 0.3 is 0 Å². The molecule has 0 unspecified atom stereocenters. The summed E-state index contributed by atoms with van der Waals surface area (Å²) in [5.41, 5.74) is 5.40. The highest BCUT2D eigenvalue weighted by atomic mass is 35.5. The lowest BCUT2D eigenvalue weighted by Crippen LogP contribution is -2.14. The van der Waals surface area contributed by atoms with Crippen molar-refractivity contribution in [1.29, 1.82) is 0 Å². The number of ketones is 1. The second kappa shape index (κ2) is 5.86. The minimum Gasteiger partial charge on any atom is -0.294 e. The van der Waals surface area contributed by atoms with Crippen LogP contribution >= 0.6 is 23.2 Å². The second-order valence-electron chi connectivity index (χ2n) is 5.51. The van der Waals surface area contributed by atoms with Gasteiger partial charge in [-0.05, 0) is 49.1 Å². The Morgan fingerprint density at radius 2 is 1.82 bits per heavy atom. The van der Waals surface area contributed by atoms with Gasteiger partial charge in [-0.15, -0.1) is 0 Å². The molecular weight excluding hydrogens is 317 g/mol. The molecule has 0 aliphatic heterocycles. The molecule has 0 saturated heterocycles. The number of hydrogen-bond donors (Lipinski definition) is 0. The minimum absolute atomic E-state index is 0.0850. The monoisotopic (exact) mass is 331 g/mol. The molecule has 0 fully saturated rings. The molecule has 0 amide bonds. The molecule has 1 aromatic carbocycles. The van der Waals surface area contributed by atoms with Crippen LogP contribution in [0.4, 0.5) is 0 Å². The molecule has 1 heterocycles. The Hall–Kier alpha value is -1.64. The molecule has 0 atom stereocenters. The van der Waals surface area contributed by atoms with Gasteiger partial charge in [0, 0.05) is 22.7 Å². The average molecular weight is 332 g/mol. The lowest BCUT2D eigenvalue weighted by Gasteiger charge is -2.19. The molecule has 0 N–H and O–H groups in total. The number of Topliss-reactive ketones (excluding diaryl/α,β-unsaturated/α-hetero) is 1. The molecular formula is C18H15Cl2NO. The van der Waals surface area contributed by atoms with Crippen LogP contribution in [0.5, 0.6) is 0 Å². The Balaban J connectivity index is 2.10. The first-order chi connectivity index (χ1) is 10.5. The quantitative estimate of drug-likeness (QED) is 0.765. The number of carbonyl (C=O) groups is 1. The molecule has 3 rings (SSSR count). The van der Waals surface area contributed by atoms with E-state index in [9.17, 15) is 4.79 Å². The SMILES string of the molecule is Cc1nc2c(c(C)c1Cc1ccc(Cl)cc1)C(=O)CC=C2Cl. The maximum absolute atomic E-state index is 12.3. The molecule has 1 aromatic heterocycles. The third-order valence-corrected chi connectivity index (χ3v) is 4.63. The van der Waals surface area contributed by atoms with Crippen LogP contribution < -0.4 is 0 Å². The number of carbonyl (C=O) groups excluding carboxylic acids is 1. The predicted molar refractivity (Wildman–Crippen MR) is 90.7 cm³/mol. The van der Waals surface area contributed by atoms with Crippen molar-refractivity contribution in [3.8, 4) is 0 Å². The molecule has 2 aromatic rings. The third-order valence-electron chi connectivity index (χ3n) is 4.05. The van der Waals surface area contributed by atoms with Gasteiger partial charge < -0.3 is 0 Å². The molecule has 0 radical (unpaired) electrons. The number of rotatable bonds is 2. The summed E-state index contributed by atoms with van der Waals surface area (Å²) in [7, 11) is 0. The number of nitrogens with zero attached hydrogens (tertiary/aromatic N) is 1. The summed E-state index contributed by atoms with van der Waals surface area (Å²) in [6.07, 6.45) is 2.80. The van der Waals surface area contributed by atoms with E-state index >= 15 is 0 Å². The molecule has 112 valence electrons. The summed E-state index contributed by atoms with van der Waals surface area (Å²) in [6, 6.07) is 7.74. The first kappa shape index (κ1) is 15.3. The fourth-order valence-corrected chi connectivity index (χ4v) is 3.19. The Morgan fingerprint density at radius 1 is 1.14 bits per heavy atom. The van der Waals surface area contributed by atoms with Crippen molar-refractivity contribution < 1.29 is 4.79 Å². The number of fused-ring (bicyclic) bond motifs is 1. The van der Waals surface area contributed by atoms with Crippen LogP contribution in [-0.4, -0.2) is 10.8 Å². The number of halogens is 2. The van der Waals surface area contributed by atoms with Gasteiger partial charge in [0.2, 0.25) is 0 Å². The zero-order valence-electron chi connectivity index (χ0n) is 12.4. The molecule has 1 aliphatic carbocycles. The van der Waals surface area contributed by atoms with Crippen molar-refractivity contribution in [2.24, 2.45) is 0 Å². The highest BCUT2D eigenvalue weighted by Gasteiger charge is 2.24. The fourth-order valence-electron chi connectivity index (χ4n) is 2.85. The van der Waals surface area contributed by atoms with Crippen LogP contribution in [-0.2, 0) is 6.42 Å². The molecule has 0 spiro atoms. The van der Waals surface area contributed by atoms with Crippen molar-refractivity contribution in [1.82, 2.24) is 4.98 Å². The first-order valence-electron chi connectivity index (χ1n) is 7.11. The Morgan fingerprint density at radius 3 is 2.50 bits per heavy atom. The van der Waals surface area contributed by atoms with Crippen molar-refractivity contribution in [3.05, 3.63) is 69.0 Å². The Labute approximate surface area is 139 Å². The van der Waals surface area contributed by atoms with Crippen molar-refractivity contribution in [2.75, 3.05) is 0 Å². The lowest BCUT2D eigenvalue weighted by molar-refractivity contribution is 0.0993. The highest BCUT2D eigenvalue weighted by Crippen LogP contribution is 2.33. The third kappa shape index (κ3) is 2.69. The number of aromatic nitrogens is 1. The number of pyridine rings is 1. The molecule has 4 heteroatoms. The van der Waals surface area contributed by atoms with Gasteiger partial charge in [-0.1, -0.05) is 41.4 Å². The van der Waals surface area contributed by atoms with E-state index in [2.05, 4.69) is 4.98 Å². The van der Waals surface area contributed by atoms with Crippen LogP contribution in [0.3, 0.4) is 0 Å². The van der Waals surface area contributed by atoms with E-state index < -0.39 is 0 Å². The van der Waals surface area contributed by atoms with Crippen LogP contribution in [0.2, 0.25) is 5.02 Å². The van der Waals surface area contributed by atoms with Crippen LogP contribution in [0.15, 0.2) is 30.3 Å². The van der Waals surface area contributed by atoms with Crippen LogP contribution in [0.25, 0.3) is 5.03 Å². The topological polar surface area (TPSA) is 30.0 Å². The maximum atomic E-state index is 12.3. The molecule has 1 aliphatic rings. The highest BCUT2D eigenvalue weighted by molar-refractivity contribution is 6.49. The normalized spacial score (nSPS) is 13.8. The number of aryl methyl sites for hydroxylation is 1. The summed E-state index contributed by atoms with van der Waals surface area (Å²) in [5.74, 6) is 0.0850. The Kier molecular flexibility index (Phi) is 4.07. The van der Waals surface area contributed by atoms with E-state index in [0.717, 1.165) is 28.8 Å². The van der Waals surface area contributed by atoms with Gasteiger partial charge in [0.25, 0.3) is 0 Å². The van der Waals surface area contributed by atoms with E-state index in [1.165, 1.54) is 0 Å². The maximum Gasteiger partial charge on any atom is 0.169 e. The number of benzene rings is 1. The van der Waals surface area contributed by atoms with E-state index in [0.29, 0.717) is 27.7 Å². The van der Waals surface area contributed by atoms with E-state index in [1.807, 2.05) is 38.1 Å².